The molecule has 1 heterocycles. The van der Waals surface area contributed by atoms with Gasteiger partial charge < -0.3 is 4.74 Å². The van der Waals surface area contributed by atoms with Gasteiger partial charge in [-0.25, -0.2) is 4.79 Å². The Morgan fingerprint density at radius 1 is 0.867 bits per heavy atom. The maximum absolute atomic E-state index is 13.2. The second kappa shape index (κ2) is 6.14. The average Bonchev–Trinajstić information content (AvgIpc) is 3.53. The molecular formula is C25H21NO4. The van der Waals surface area contributed by atoms with Crippen LogP contribution in [0.1, 0.15) is 22.3 Å². The predicted molar refractivity (Wildman–Crippen MR) is 110 cm³/mol. The topological polar surface area (TPSA) is 63.7 Å². The molecule has 1 saturated heterocycles. The molecule has 2 saturated carbocycles. The third-order valence-electron chi connectivity index (χ3n) is 7.26. The Bertz CT molecular complexity index is 1060. The van der Waals surface area contributed by atoms with Gasteiger partial charge in [0.2, 0.25) is 11.8 Å². The molecule has 0 spiro atoms. The molecule has 2 amide bonds. The Hall–Kier alpha value is -3.21. The number of nitrogens with zero attached hydrogens (tertiary/aromatic N) is 1. The van der Waals surface area contributed by atoms with Gasteiger partial charge in [-0.2, -0.15) is 0 Å². The second-order valence-corrected chi connectivity index (χ2v) is 8.92. The molecule has 2 bridgehead atoms. The summed E-state index contributed by atoms with van der Waals surface area (Å²) in [7, 11) is 0. The number of anilines is 1. The van der Waals surface area contributed by atoms with E-state index in [-0.39, 0.29) is 35.5 Å². The number of carbonyl (C=O) groups excluding carboxylic acids is 3. The first kappa shape index (κ1) is 17.6. The molecule has 2 aromatic carbocycles. The van der Waals surface area contributed by atoms with Crippen LogP contribution in [0.25, 0.3) is 0 Å². The zero-order chi connectivity index (χ0) is 20.6. The van der Waals surface area contributed by atoms with E-state index in [1.54, 1.807) is 36.4 Å². The summed E-state index contributed by atoms with van der Waals surface area (Å²) in [6.45, 7) is 1.95. The van der Waals surface area contributed by atoms with Crippen LogP contribution < -0.4 is 9.64 Å². The van der Waals surface area contributed by atoms with E-state index in [9.17, 15) is 14.4 Å². The van der Waals surface area contributed by atoms with Crippen molar-refractivity contribution in [3.63, 3.8) is 0 Å². The average molecular weight is 399 g/mol. The van der Waals surface area contributed by atoms with E-state index in [0.717, 1.165) is 12.0 Å². The fraction of sp³-hybridized carbons (Fsp3) is 0.320. The molecule has 5 heteroatoms. The van der Waals surface area contributed by atoms with Crippen LogP contribution in [0.15, 0.2) is 60.7 Å². The number of imide groups is 1. The summed E-state index contributed by atoms with van der Waals surface area (Å²) in [5.41, 5.74) is 2.08. The first-order valence-electron chi connectivity index (χ1n) is 10.5. The van der Waals surface area contributed by atoms with Crippen LogP contribution in [-0.2, 0) is 9.59 Å². The molecule has 3 fully saturated rings. The highest BCUT2D eigenvalue weighted by atomic mass is 16.5. The standard InChI is InChI=1S/C25H21NO4/c1-13-2-4-14(5-3-13)25(29)30-16-8-6-15(7-9-16)26-23(27)21-17-10-11-18(20-12-19(17)20)22(21)24(26)28/h2-11,17-22H,12H2,1H3/t17-,18-,19-,20+,21-,22+/m0/s1. The van der Waals surface area contributed by atoms with E-state index in [2.05, 4.69) is 12.2 Å². The van der Waals surface area contributed by atoms with Gasteiger partial charge in [-0.15, -0.1) is 0 Å². The quantitative estimate of drug-likeness (QED) is 0.341. The molecule has 0 N–H and O–H groups in total. The van der Waals surface area contributed by atoms with E-state index in [1.807, 2.05) is 19.1 Å². The Balaban J connectivity index is 1.22. The van der Waals surface area contributed by atoms with E-state index in [0.29, 0.717) is 28.8 Å². The van der Waals surface area contributed by atoms with Gasteiger partial charge in [-0.05, 0) is 73.4 Å². The van der Waals surface area contributed by atoms with Crippen molar-refractivity contribution in [1.29, 1.82) is 0 Å². The lowest BCUT2D eigenvalue weighted by Crippen LogP contribution is -2.40. The van der Waals surface area contributed by atoms with Crippen molar-refractivity contribution in [3.05, 3.63) is 71.8 Å². The molecular weight excluding hydrogens is 378 g/mol. The highest BCUT2D eigenvalue weighted by Gasteiger charge is 2.67. The molecule has 5 aliphatic rings. The maximum Gasteiger partial charge on any atom is 0.343 e. The molecule has 0 unspecified atom stereocenters. The molecule has 6 atom stereocenters. The minimum Gasteiger partial charge on any atom is -0.423 e. The van der Waals surface area contributed by atoms with Gasteiger partial charge in [0.15, 0.2) is 0 Å². The fourth-order valence-electron chi connectivity index (χ4n) is 5.73. The van der Waals surface area contributed by atoms with E-state index in [4.69, 9.17) is 4.74 Å². The third kappa shape index (κ3) is 2.44. The van der Waals surface area contributed by atoms with Gasteiger partial charge in [-0.1, -0.05) is 29.8 Å². The highest BCUT2D eigenvalue weighted by molar-refractivity contribution is 6.22. The molecule has 30 heavy (non-hydrogen) atoms. The number of allylic oxidation sites excluding steroid dienone is 2. The molecule has 1 aliphatic heterocycles. The lowest BCUT2D eigenvalue weighted by atomic mass is 9.63. The Labute approximate surface area is 174 Å². The number of rotatable bonds is 3. The molecule has 7 rings (SSSR count). The number of hydrogen-bond donors (Lipinski definition) is 0. The zero-order valence-electron chi connectivity index (χ0n) is 16.5. The van der Waals surface area contributed by atoms with E-state index >= 15 is 0 Å². The molecule has 5 nitrogen and oxygen atoms in total. The summed E-state index contributed by atoms with van der Waals surface area (Å²) < 4.78 is 5.43. The number of ether oxygens (including phenoxy) is 1. The predicted octanol–water partition coefficient (Wildman–Crippen LogP) is 3.77. The molecule has 150 valence electrons. The number of amides is 2. The number of benzene rings is 2. The molecule has 0 radical (unpaired) electrons. The smallest absolute Gasteiger partial charge is 0.343 e. The number of carbonyl (C=O) groups is 3. The third-order valence-corrected chi connectivity index (χ3v) is 7.26. The van der Waals surface area contributed by atoms with Crippen LogP contribution in [0.5, 0.6) is 5.75 Å². The lowest BCUT2D eigenvalue weighted by molar-refractivity contribution is -0.124. The lowest BCUT2D eigenvalue weighted by Gasteiger charge is -2.37. The minimum atomic E-state index is -0.441. The summed E-state index contributed by atoms with van der Waals surface area (Å²) in [6.07, 6.45) is 5.49. The van der Waals surface area contributed by atoms with Crippen molar-refractivity contribution < 1.29 is 19.1 Å². The Morgan fingerprint density at radius 3 is 2.00 bits per heavy atom. The van der Waals surface area contributed by atoms with Gasteiger partial charge in [0.25, 0.3) is 0 Å². The van der Waals surface area contributed by atoms with Crippen molar-refractivity contribution in [2.45, 2.75) is 13.3 Å². The van der Waals surface area contributed by atoms with Crippen molar-refractivity contribution >= 4 is 23.5 Å². The van der Waals surface area contributed by atoms with Crippen molar-refractivity contribution in [2.75, 3.05) is 4.90 Å². The molecule has 4 aliphatic carbocycles. The van der Waals surface area contributed by atoms with Gasteiger partial charge in [0.1, 0.15) is 5.75 Å². The number of esters is 1. The molecule has 2 aromatic rings. The SMILES string of the molecule is Cc1ccc(C(=O)Oc2ccc(N3C(=O)[C@@H]4[C@H]5C=C[C@@H]([C@@H]6C[C@H]56)[C@@H]4C3=O)cc2)cc1. The van der Waals surface area contributed by atoms with Crippen LogP contribution in [0, 0.1) is 42.4 Å². The summed E-state index contributed by atoms with van der Waals surface area (Å²) >= 11 is 0. The maximum atomic E-state index is 13.2. The minimum absolute atomic E-state index is 0.0842. The normalized spacial score (nSPS) is 32.8. The van der Waals surface area contributed by atoms with Gasteiger partial charge in [-0.3, -0.25) is 14.5 Å². The largest absolute Gasteiger partial charge is 0.423 e. The van der Waals surface area contributed by atoms with Gasteiger partial charge in [0.05, 0.1) is 23.1 Å². The van der Waals surface area contributed by atoms with Crippen LogP contribution in [0.4, 0.5) is 5.69 Å². The first-order valence-corrected chi connectivity index (χ1v) is 10.5. The summed E-state index contributed by atoms with van der Waals surface area (Å²) in [5, 5.41) is 0. The van der Waals surface area contributed by atoms with Gasteiger partial charge >= 0.3 is 5.97 Å². The number of hydrogen-bond acceptors (Lipinski definition) is 4. The number of aryl methyl sites for hydroxylation is 1. The Kier molecular flexibility index (Phi) is 3.61. The zero-order valence-corrected chi connectivity index (χ0v) is 16.5. The van der Waals surface area contributed by atoms with Crippen LogP contribution >= 0.6 is 0 Å². The second-order valence-electron chi connectivity index (χ2n) is 8.92. The summed E-state index contributed by atoms with van der Waals surface area (Å²) in [6, 6.07) is 13.8. The van der Waals surface area contributed by atoms with Crippen molar-refractivity contribution in [1.82, 2.24) is 0 Å². The molecule has 0 aromatic heterocycles. The van der Waals surface area contributed by atoms with Crippen molar-refractivity contribution in [2.24, 2.45) is 35.5 Å². The van der Waals surface area contributed by atoms with E-state index in [1.165, 1.54) is 4.90 Å². The Morgan fingerprint density at radius 2 is 1.43 bits per heavy atom. The van der Waals surface area contributed by atoms with E-state index < -0.39 is 5.97 Å². The highest BCUT2D eigenvalue weighted by Crippen LogP contribution is 2.65. The summed E-state index contributed by atoms with van der Waals surface area (Å²) in [4.78, 5) is 40.0. The van der Waals surface area contributed by atoms with Crippen LogP contribution in [0.3, 0.4) is 0 Å². The van der Waals surface area contributed by atoms with Crippen LogP contribution in [0.2, 0.25) is 0 Å². The van der Waals surface area contributed by atoms with Gasteiger partial charge in [0, 0.05) is 0 Å². The first-order chi connectivity index (χ1) is 14.5. The van der Waals surface area contributed by atoms with Crippen LogP contribution in [-0.4, -0.2) is 17.8 Å². The fourth-order valence-corrected chi connectivity index (χ4v) is 5.73. The van der Waals surface area contributed by atoms with Crippen molar-refractivity contribution in [3.8, 4) is 5.75 Å². The summed E-state index contributed by atoms with van der Waals surface area (Å²) in [5.74, 6) is 0.932. The monoisotopic (exact) mass is 399 g/mol.